The molecule has 1 saturated heterocycles. The largest absolute Gasteiger partial charge is 0.353 e. The number of carbonyl (C=O) groups is 4. The van der Waals surface area contributed by atoms with E-state index >= 15 is 0 Å². The van der Waals surface area contributed by atoms with Crippen molar-refractivity contribution in [2.75, 3.05) is 32.1 Å². The third-order valence-electron chi connectivity index (χ3n) is 8.16. The van der Waals surface area contributed by atoms with Gasteiger partial charge < -0.3 is 9.47 Å². The molecule has 4 amide bonds. The van der Waals surface area contributed by atoms with Gasteiger partial charge in [0.15, 0.2) is 6.29 Å². The molecule has 0 N–H and O–H groups in total. The molecule has 0 aromatic heterocycles. The molecule has 1 fully saturated rings. The van der Waals surface area contributed by atoms with Crippen molar-refractivity contribution in [1.29, 1.82) is 0 Å². The molecule has 1 atom stereocenters. The number of fused-ring (bicyclic) bond motifs is 2. The normalized spacial score (nSPS) is 18.1. The van der Waals surface area contributed by atoms with Gasteiger partial charge >= 0.3 is 0 Å². The number of thioether (sulfide) groups is 1. The van der Waals surface area contributed by atoms with Gasteiger partial charge in [0.25, 0.3) is 23.6 Å². The highest BCUT2D eigenvalue weighted by atomic mass is 32.2. The number of hydrogen-bond acceptors (Lipinski definition) is 7. The van der Waals surface area contributed by atoms with E-state index in [0.29, 0.717) is 74.2 Å². The van der Waals surface area contributed by atoms with Gasteiger partial charge in [0.2, 0.25) is 0 Å². The molecule has 0 aliphatic carbocycles. The van der Waals surface area contributed by atoms with E-state index in [1.807, 2.05) is 0 Å². The summed E-state index contributed by atoms with van der Waals surface area (Å²) in [6.45, 7) is 1.72. The summed E-state index contributed by atoms with van der Waals surface area (Å²) in [4.78, 5) is 53.0. The Bertz CT molecular complexity index is 1120. The van der Waals surface area contributed by atoms with Crippen LogP contribution in [0.1, 0.15) is 106 Å². The first-order valence-corrected chi connectivity index (χ1v) is 16.3. The fourth-order valence-corrected chi connectivity index (χ4v) is 7.16. The zero-order valence-electron chi connectivity index (χ0n) is 24.1. The van der Waals surface area contributed by atoms with Crippen molar-refractivity contribution in [2.24, 2.45) is 0 Å². The van der Waals surface area contributed by atoms with Crippen LogP contribution < -0.4 is 0 Å². The van der Waals surface area contributed by atoms with Gasteiger partial charge in [-0.2, -0.15) is 11.8 Å². The van der Waals surface area contributed by atoms with Crippen molar-refractivity contribution >= 4 is 35.4 Å². The first-order chi connectivity index (χ1) is 20.5. The lowest BCUT2D eigenvalue weighted by atomic mass is 10.1. The molecule has 0 saturated carbocycles. The number of imide groups is 2. The number of amides is 4. The van der Waals surface area contributed by atoms with Crippen LogP contribution in [0.15, 0.2) is 48.5 Å². The van der Waals surface area contributed by atoms with Crippen LogP contribution in [0, 0.1) is 0 Å². The summed E-state index contributed by atoms with van der Waals surface area (Å²) in [7, 11) is 0. The van der Waals surface area contributed by atoms with Crippen molar-refractivity contribution in [3.05, 3.63) is 70.8 Å². The number of rotatable bonds is 17. The summed E-state index contributed by atoms with van der Waals surface area (Å²) < 4.78 is 12.2. The van der Waals surface area contributed by atoms with Crippen molar-refractivity contribution < 1.29 is 28.7 Å². The molecular formula is C33H40N2O6S. The lowest BCUT2D eigenvalue weighted by Crippen LogP contribution is -2.31. The minimum atomic E-state index is -0.320. The van der Waals surface area contributed by atoms with Crippen LogP contribution in [0.2, 0.25) is 0 Å². The van der Waals surface area contributed by atoms with Gasteiger partial charge in [-0.25, -0.2) is 0 Å². The second-order valence-corrected chi connectivity index (χ2v) is 12.5. The molecule has 5 rings (SSSR count). The van der Waals surface area contributed by atoms with E-state index in [1.54, 1.807) is 48.5 Å². The predicted molar refractivity (Wildman–Crippen MR) is 162 cm³/mol. The maximum absolute atomic E-state index is 12.6. The Labute approximate surface area is 252 Å². The SMILES string of the molecule is O=C1c2ccccc2C(=O)N1CCCCOC(CCCC[C@H]1CCCS1)OCCCCN1C(=O)c2ccccc2C1=O. The first kappa shape index (κ1) is 30.4. The second-order valence-electron chi connectivity index (χ2n) is 11.1. The maximum Gasteiger partial charge on any atom is 0.261 e. The first-order valence-electron chi connectivity index (χ1n) is 15.3. The summed E-state index contributed by atoms with van der Waals surface area (Å²) >= 11 is 2.09. The van der Waals surface area contributed by atoms with Crippen LogP contribution in [0.4, 0.5) is 0 Å². The molecule has 224 valence electrons. The number of hydrogen-bond donors (Lipinski definition) is 0. The van der Waals surface area contributed by atoms with Gasteiger partial charge in [-0.05, 0) is 87.8 Å². The van der Waals surface area contributed by atoms with Crippen molar-refractivity contribution in [2.45, 2.75) is 75.7 Å². The number of unbranched alkanes of at least 4 members (excludes halogenated alkanes) is 3. The molecule has 42 heavy (non-hydrogen) atoms. The summed E-state index contributed by atoms with van der Waals surface area (Å²) in [6.07, 6.45) is 9.32. The topological polar surface area (TPSA) is 93.2 Å². The molecule has 3 aliphatic rings. The van der Waals surface area contributed by atoms with Gasteiger partial charge in [-0.1, -0.05) is 30.7 Å². The fraction of sp³-hybridized carbons (Fsp3) is 0.515. The second kappa shape index (κ2) is 14.9. The van der Waals surface area contributed by atoms with Gasteiger partial charge in [0.1, 0.15) is 0 Å². The van der Waals surface area contributed by atoms with Crippen molar-refractivity contribution in [1.82, 2.24) is 9.80 Å². The van der Waals surface area contributed by atoms with Crippen LogP contribution >= 0.6 is 11.8 Å². The Morgan fingerprint density at radius 1 is 0.667 bits per heavy atom. The molecule has 0 radical (unpaired) electrons. The van der Waals surface area contributed by atoms with E-state index in [0.717, 1.165) is 24.5 Å². The Morgan fingerprint density at radius 3 is 1.57 bits per heavy atom. The van der Waals surface area contributed by atoms with E-state index in [4.69, 9.17) is 9.47 Å². The molecule has 3 heterocycles. The standard InChI is InChI=1S/C33H40N2O6S/c36-30-25-14-2-3-15-26(25)31(37)34(30)19-7-9-21-40-29(18-6-1-12-24-13-11-23-42-24)41-22-10-8-20-35-32(38)27-16-4-5-17-28(27)33(35)39/h2-5,14-17,24,29H,1,6-13,18-23H2/t24-/m0/s1. The van der Waals surface area contributed by atoms with E-state index in [1.165, 1.54) is 34.8 Å². The minimum Gasteiger partial charge on any atom is -0.353 e. The Balaban J connectivity index is 1.02. The van der Waals surface area contributed by atoms with Crippen LogP contribution in [0.5, 0.6) is 0 Å². The number of benzene rings is 2. The Morgan fingerprint density at radius 2 is 1.14 bits per heavy atom. The highest BCUT2D eigenvalue weighted by Crippen LogP contribution is 2.30. The quantitative estimate of drug-likeness (QED) is 0.127. The summed E-state index contributed by atoms with van der Waals surface area (Å²) in [5.74, 6) is 0.387. The van der Waals surface area contributed by atoms with Gasteiger partial charge in [-0.3, -0.25) is 29.0 Å². The molecule has 0 bridgehead atoms. The summed E-state index contributed by atoms with van der Waals surface area (Å²) in [5.41, 5.74) is 1.91. The molecule has 2 aromatic rings. The third kappa shape index (κ3) is 7.30. The Hall–Kier alpha value is -3.01. The molecule has 3 aliphatic heterocycles. The average molecular weight is 593 g/mol. The van der Waals surface area contributed by atoms with Gasteiger partial charge in [0.05, 0.1) is 22.3 Å². The lowest BCUT2D eigenvalue weighted by molar-refractivity contribution is -0.148. The zero-order valence-corrected chi connectivity index (χ0v) is 24.9. The smallest absolute Gasteiger partial charge is 0.261 e. The number of nitrogens with zero attached hydrogens (tertiary/aromatic N) is 2. The van der Waals surface area contributed by atoms with E-state index < -0.39 is 0 Å². The fourth-order valence-electron chi connectivity index (χ4n) is 5.83. The van der Waals surface area contributed by atoms with Crippen molar-refractivity contribution in [3.8, 4) is 0 Å². The Kier molecular flexibility index (Phi) is 10.8. The van der Waals surface area contributed by atoms with E-state index in [9.17, 15) is 19.2 Å². The van der Waals surface area contributed by atoms with Crippen LogP contribution in [0.3, 0.4) is 0 Å². The van der Waals surface area contributed by atoms with Gasteiger partial charge in [-0.15, -0.1) is 0 Å². The predicted octanol–water partition coefficient (Wildman–Crippen LogP) is 5.95. The number of ether oxygens (including phenoxy) is 2. The maximum atomic E-state index is 12.6. The molecular weight excluding hydrogens is 552 g/mol. The van der Waals surface area contributed by atoms with Gasteiger partial charge in [0, 0.05) is 31.6 Å². The summed E-state index contributed by atoms with van der Waals surface area (Å²) in [5, 5.41) is 0.787. The molecule has 0 spiro atoms. The van der Waals surface area contributed by atoms with E-state index in [2.05, 4.69) is 11.8 Å². The zero-order chi connectivity index (χ0) is 29.3. The molecule has 0 unspecified atom stereocenters. The van der Waals surface area contributed by atoms with Crippen LogP contribution in [-0.4, -0.2) is 77.0 Å². The van der Waals surface area contributed by atoms with E-state index in [-0.39, 0.29) is 29.9 Å². The number of carbonyl (C=O) groups excluding carboxylic acids is 4. The molecule has 8 nitrogen and oxygen atoms in total. The molecule has 2 aromatic carbocycles. The lowest BCUT2D eigenvalue weighted by Gasteiger charge is -2.20. The highest BCUT2D eigenvalue weighted by Gasteiger charge is 2.35. The summed E-state index contributed by atoms with van der Waals surface area (Å²) in [6, 6.07) is 13.9. The third-order valence-corrected chi connectivity index (χ3v) is 9.62. The monoisotopic (exact) mass is 592 g/mol. The average Bonchev–Trinajstić information content (AvgIpc) is 3.68. The molecule has 9 heteroatoms. The van der Waals surface area contributed by atoms with Crippen molar-refractivity contribution in [3.63, 3.8) is 0 Å². The van der Waals surface area contributed by atoms with Crippen LogP contribution in [0.25, 0.3) is 0 Å². The van der Waals surface area contributed by atoms with Crippen LogP contribution in [-0.2, 0) is 9.47 Å². The highest BCUT2D eigenvalue weighted by molar-refractivity contribution is 8.00. The minimum absolute atomic E-state index is 0.223.